The fourth-order valence-electron chi connectivity index (χ4n) is 4.70. The number of rotatable bonds is 2. The SMILES string of the molecule is c1ccc2c(-c3cccc4c(-c5cccc6ccccc56)cccc34)cccc2c1. The monoisotopic (exact) mass is 380 g/mol. The van der Waals surface area contributed by atoms with Crippen molar-refractivity contribution in [2.75, 3.05) is 0 Å². The average Bonchev–Trinajstić information content (AvgIpc) is 2.83. The first-order valence-electron chi connectivity index (χ1n) is 10.4. The van der Waals surface area contributed by atoms with Gasteiger partial charge in [-0.1, -0.05) is 121 Å². The zero-order valence-corrected chi connectivity index (χ0v) is 16.5. The molecule has 0 fully saturated rings. The predicted molar refractivity (Wildman–Crippen MR) is 130 cm³/mol. The molecule has 0 spiro atoms. The van der Waals surface area contributed by atoms with E-state index in [-0.39, 0.29) is 0 Å². The second kappa shape index (κ2) is 6.86. The summed E-state index contributed by atoms with van der Waals surface area (Å²) in [5, 5.41) is 7.72. The molecule has 0 saturated carbocycles. The Morgan fingerprint density at radius 2 is 0.533 bits per heavy atom. The van der Waals surface area contributed by atoms with Crippen molar-refractivity contribution in [1.29, 1.82) is 0 Å². The van der Waals surface area contributed by atoms with E-state index in [9.17, 15) is 0 Å². The van der Waals surface area contributed by atoms with E-state index in [0.29, 0.717) is 0 Å². The molecule has 0 atom stereocenters. The minimum absolute atomic E-state index is 1.28. The summed E-state index contributed by atoms with van der Waals surface area (Å²) in [4.78, 5) is 0. The second-order valence-corrected chi connectivity index (χ2v) is 7.76. The molecule has 6 aromatic rings. The number of hydrogen-bond acceptors (Lipinski definition) is 0. The Morgan fingerprint density at radius 3 is 1.00 bits per heavy atom. The van der Waals surface area contributed by atoms with Crippen LogP contribution in [0, 0.1) is 0 Å². The molecule has 0 heteroatoms. The summed E-state index contributed by atoms with van der Waals surface area (Å²) in [6.45, 7) is 0. The first-order valence-corrected chi connectivity index (χ1v) is 10.4. The fourth-order valence-corrected chi connectivity index (χ4v) is 4.70. The van der Waals surface area contributed by atoms with Crippen LogP contribution in [0.1, 0.15) is 0 Å². The van der Waals surface area contributed by atoms with Crippen LogP contribution in [0.5, 0.6) is 0 Å². The molecule has 0 aliphatic heterocycles. The van der Waals surface area contributed by atoms with Crippen LogP contribution in [-0.4, -0.2) is 0 Å². The quantitative estimate of drug-likeness (QED) is 0.282. The lowest BCUT2D eigenvalue weighted by Gasteiger charge is -2.14. The van der Waals surface area contributed by atoms with Gasteiger partial charge in [-0.05, 0) is 54.6 Å². The molecule has 0 bridgehead atoms. The predicted octanol–water partition coefficient (Wildman–Crippen LogP) is 8.48. The van der Waals surface area contributed by atoms with Crippen molar-refractivity contribution in [2.45, 2.75) is 0 Å². The Balaban J connectivity index is 1.67. The van der Waals surface area contributed by atoms with Crippen LogP contribution in [0.3, 0.4) is 0 Å². The van der Waals surface area contributed by atoms with Crippen molar-refractivity contribution >= 4 is 32.3 Å². The highest BCUT2D eigenvalue weighted by molar-refractivity contribution is 6.11. The summed E-state index contributed by atoms with van der Waals surface area (Å²) >= 11 is 0. The molecule has 0 saturated heterocycles. The Bertz CT molecular complexity index is 1410. The van der Waals surface area contributed by atoms with Crippen LogP contribution < -0.4 is 0 Å². The maximum atomic E-state index is 2.25. The highest BCUT2D eigenvalue weighted by Gasteiger charge is 2.12. The summed E-state index contributed by atoms with van der Waals surface area (Å²) < 4.78 is 0. The fraction of sp³-hybridized carbons (Fsp3) is 0. The van der Waals surface area contributed by atoms with E-state index in [0.717, 1.165) is 0 Å². The molecule has 6 rings (SSSR count). The molecule has 0 unspecified atom stereocenters. The Kier molecular flexibility index (Phi) is 3.89. The molecule has 0 amide bonds. The zero-order valence-electron chi connectivity index (χ0n) is 16.5. The summed E-state index contributed by atoms with van der Waals surface area (Å²) in [5.41, 5.74) is 5.14. The first kappa shape index (κ1) is 17.0. The van der Waals surface area contributed by atoms with Gasteiger partial charge >= 0.3 is 0 Å². The van der Waals surface area contributed by atoms with Gasteiger partial charge in [0.2, 0.25) is 0 Å². The smallest absolute Gasteiger partial charge is 0.00990 e. The molecule has 0 heterocycles. The summed E-state index contributed by atoms with van der Waals surface area (Å²) in [7, 11) is 0. The first-order chi connectivity index (χ1) is 14.9. The molecule has 0 nitrogen and oxygen atoms in total. The Labute approximate surface area is 176 Å². The zero-order chi connectivity index (χ0) is 19.9. The van der Waals surface area contributed by atoms with E-state index in [1.54, 1.807) is 0 Å². The number of fused-ring (bicyclic) bond motifs is 3. The van der Waals surface area contributed by atoms with Gasteiger partial charge in [0, 0.05) is 0 Å². The van der Waals surface area contributed by atoms with Crippen molar-refractivity contribution < 1.29 is 0 Å². The van der Waals surface area contributed by atoms with E-state index in [4.69, 9.17) is 0 Å². The standard InChI is InChI=1S/C30H20/c1-3-13-23-21(9-1)11-5-15-25(23)27-17-7-20-30-28(18-8-19-29(27)30)26-16-6-12-22-10-2-4-14-24(22)26/h1-20H. The van der Waals surface area contributed by atoms with Gasteiger partial charge in [-0.3, -0.25) is 0 Å². The molecule has 140 valence electrons. The van der Waals surface area contributed by atoms with E-state index >= 15 is 0 Å². The molecule has 30 heavy (non-hydrogen) atoms. The number of benzene rings is 6. The Hall–Kier alpha value is -3.90. The van der Waals surface area contributed by atoms with Gasteiger partial charge < -0.3 is 0 Å². The lowest BCUT2D eigenvalue weighted by molar-refractivity contribution is 1.66. The van der Waals surface area contributed by atoms with Crippen molar-refractivity contribution in [3.8, 4) is 22.3 Å². The van der Waals surface area contributed by atoms with Crippen LogP contribution in [0.2, 0.25) is 0 Å². The second-order valence-electron chi connectivity index (χ2n) is 7.76. The van der Waals surface area contributed by atoms with Crippen molar-refractivity contribution in [3.63, 3.8) is 0 Å². The highest BCUT2D eigenvalue weighted by atomic mass is 14.1. The van der Waals surface area contributed by atoms with Crippen LogP contribution in [0.25, 0.3) is 54.6 Å². The maximum Gasteiger partial charge on any atom is -0.00990 e. The minimum atomic E-state index is 1.28. The molecule has 0 radical (unpaired) electrons. The van der Waals surface area contributed by atoms with Gasteiger partial charge in [0.15, 0.2) is 0 Å². The lowest BCUT2D eigenvalue weighted by atomic mass is 9.89. The van der Waals surface area contributed by atoms with E-state index in [1.165, 1.54) is 54.6 Å². The van der Waals surface area contributed by atoms with Crippen LogP contribution in [0.4, 0.5) is 0 Å². The van der Waals surface area contributed by atoms with Crippen LogP contribution in [0.15, 0.2) is 121 Å². The van der Waals surface area contributed by atoms with Crippen molar-refractivity contribution in [2.24, 2.45) is 0 Å². The van der Waals surface area contributed by atoms with Gasteiger partial charge in [-0.25, -0.2) is 0 Å². The van der Waals surface area contributed by atoms with Gasteiger partial charge in [-0.2, -0.15) is 0 Å². The third-order valence-corrected chi connectivity index (χ3v) is 6.08. The van der Waals surface area contributed by atoms with Crippen LogP contribution in [-0.2, 0) is 0 Å². The van der Waals surface area contributed by atoms with Gasteiger partial charge in [0.25, 0.3) is 0 Å². The normalized spacial score (nSPS) is 11.3. The van der Waals surface area contributed by atoms with Gasteiger partial charge in [0.05, 0.1) is 0 Å². The summed E-state index contributed by atoms with van der Waals surface area (Å²) in [6.07, 6.45) is 0. The topological polar surface area (TPSA) is 0 Å². The third kappa shape index (κ3) is 2.62. The molecule has 0 N–H and O–H groups in total. The largest absolute Gasteiger partial charge is 0.0616 e. The molecule has 0 aliphatic carbocycles. The average molecular weight is 380 g/mol. The van der Waals surface area contributed by atoms with Crippen LogP contribution >= 0.6 is 0 Å². The summed E-state index contributed by atoms with van der Waals surface area (Å²) in [5.74, 6) is 0. The van der Waals surface area contributed by atoms with Crippen molar-refractivity contribution in [3.05, 3.63) is 121 Å². The van der Waals surface area contributed by atoms with E-state index < -0.39 is 0 Å². The number of hydrogen-bond donors (Lipinski definition) is 0. The molecular formula is C30H20. The molecule has 6 aromatic carbocycles. The lowest BCUT2D eigenvalue weighted by Crippen LogP contribution is -1.87. The molecule has 0 aliphatic rings. The minimum Gasteiger partial charge on any atom is -0.0616 e. The highest BCUT2D eigenvalue weighted by Crippen LogP contribution is 2.39. The maximum absolute atomic E-state index is 2.25. The molecule has 0 aromatic heterocycles. The Morgan fingerprint density at radius 1 is 0.233 bits per heavy atom. The molecular weight excluding hydrogens is 360 g/mol. The van der Waals surface area contributed by atoms with Gasteiger partial charge in [0.1, 0.15) is 0 Å². The van der Waals surface area contributed by atoms with Gasteiger partial charge in [-0.15, -0.1) is 0 Å². The summed E-state index contributed by atoms with van der Waals surface area (Å²) in [6, 6.07) is 43.8. The van der Waals surface area contributed by atoms with E-state index in [2.05, 4.69) is 121 Å². The van der Waals surface area contributed by atoms with E-state index in [1.807, 2.05) is 0 Å². The van der Waals surface area contributed by atoms with Crippen molar-refractivity contribution in [1.82, 2.24) is 0 Å². The third-order valence-electron chi connectivity index (χ3n) is 6.08.